The normalized spacial score (nSPS) is 14.2. The molecule has 1 unspecified atom stereocenters. The number of hydrogen-bond acceptors (Lipinski definition) is 1. The highest BCUT2D eigenvalue weighted by atomic mass is 16.3. The lowest BCUT2D eigenvalue weighted by Gasteiger charge is -2.29. The van der Waals surface area contributed by atoms with Gasteiger partial charge in [-0.25, -0.2) is 0 Å². The molecule has 0 spiro atoms. The molecule has 0 saturated heterocycles. The summed E-state index contributed by atoms with van der Waals surface area (Å²) in [6, 6.07) is 10.3. The van der Waals surface area contributed by atoms with Gasteiger partial charge in [0.05, 0.1) is 0 Å². The van der Waals surface area contributed by atoms with Crippen LogP contribution in [0.2, 0.25) is 0 Å². The Morgan fingerprint density at radius 1 is 1.23 bits per heavy atom. The Hall–Kier alpha value is -0.820. The van der Waals surface area contributed by atoms with Crippen LogP contribution < -0.4 is 0 Å². The summed E-state index contributed by atoms with van der Waals surface area (Å²) < 4.78 is 0. The Bertz CT molecular complexity index is 251. The SMILES string of the molecule is CC(c1ccccc1)C(C)(C)CO. The van der Waals surface area contributed by atoms with Crippen LogP contribution in [0.15, 0.2) is 30.3 Å². The van der Waals surface area contributed by atoms with Crippen molar-refractivity contribution in [3.05, 3.63) is 35.9 Å². The van der Waals surface area contributed by atoms with Gasteiger partial charge in [-0.3, -0.25) is 0 Å². The predicted octanol–water partition coefficient (Wildman–Crippen LogP) is 2.81. The molecule has 72 valence electrons. The maximum atomic E-state index is 9.23. The lowest BCUT2D eigenvalue weighted by molar-refractivity contribution is 0.136. The number of aliphatic hydroxyl groups is 1. The number of rotatable bonds is 3. The zero-order valence-electron chi connectivity index (χ0n) is 8.62. The van der Waals surface area contributed by atoms with Crippen LogP contribution in [0.25, 0.3) is 0 Å². The lowest BCUT2D eigenvalue weighted by Crippen LogP contribution is -2.24. The highest BCUT2D eigenvalue weighted by molar-refractivity contribution is 5.20. The first-order valence-electron chi connectivity index (χ1n) is 4.74. The molecular formula is C12H18O. The van der Waals surface area contributed by atoms with E-state index in [0.29, 0.717) is 5.92 Å². The number of benzene rings is 1. The van der Waals surface area contributed by atoms with Crippen molar-refractivity contribution in [2.24, 2.45) is 5.41 Å². The molecule has 0 fully saturated rings. The molecule has 0 aliphatic rings. The summed E-state index contributed by atoms with van der Waals surface area (Å²) >= 11 is 0. The Balaban J connectivity index is 2.85. The molecule has 1 aromatic rings. The standard InChI is InChI=1S/C12H18O/c1-10(12(2,3)9-13)11-7-5-4-6-8-11/h4-8,10,13H,9H2,1-3H3. The summed E-state index contributed by atoms with van der Waals surface area (Å²) in [6.07, 6.45) is 0. The fourth-order valence-corrected chi connectivity index (χ4v) is 1.33. The van der Waals surface area contributed by atoms with Gasteiger partial charge in [-0.05, 0) is 16.9 Å². The van der Waals surface area contributed by atoms with E-state index < -0.39 is 0 Å². The average molecular weight is 178 g/mol. The van der Waals surface area contributed by atoms with Crippen molar-refractivity contribution < 1.29 is 5.11 Å². The van der Waals surface area contributed by atoms with Crippen LogP contribution in [-0.4, -0.2) is 11.7 Å². The van der Waals surface area contributed by atoms with Crippen LogP contribution in [0.5, 0.6) is 0 Å². The lowest BCUT2D eigenvalue weighted by atomic mass is 9.77. The summed E-state index contributed by atoms with van der Waals surface area (Å²) in [4.78, 5) is 0. The van der Waals surface area contributed by atoms with Crippen LogP contribution in [0.1, 0.15) is 32.3 Å². The minimum absolute atomic E-state index is 0.0403. The van der Waals surface area contributed by atoms with E-state index in [1.54, 1.807) is 0 Å². The second kappa shape index (κ2) is 3.93. The maximum Gasteiger partial charge on any atom is 0.0487 e. The van der Waals surface area contributed by atoms with Gasteiger partial charge >= 0.3 is 0 Å². The molecule has 1 N–H and O–H groups in total. The monoisotopic (exact) mass is 178 g/mol. The van der Waals surface area contributed by atoms with Crippen LogP contribution in [0.3, 0.4) is 0 Å². The smallest absolute Gasteiger partial charge is 0.0487 e. The molecule has 0 saturated carbocycles. The van der Waals surface area contributed by atoms with Gasteiger partial charge in [0.25, 0.3) is 0 Å². The first kappa shape index (κ1) is 10.3. The maximum absolute atomic E-state index is 9.23. The summed E-state index contributed by atoms with van der Waals surface area (Å²) in [6.45, 7) is 6.56. The Morgan fingerprint density at radius 3 is 2.23 bits per heavy atom. The van der Waals surface area contributed by atoms with Crippen molar-refractivity contribution in [2.75, 3.05) is 6.61 Å². The van der Waals surface area contributed by atoms with Gasteiger partial charge in [0, 0.05) is 6.61 Å². The van der Waals surface area contributed by atoms with Crippen LogP contribution in [-0.2, 0) is 0 Å². The van der Waals surface area contributed by atoms with E-state index in [0.717, 1.165) is 0 Å². The molecule has 1 nitrogen and oxygen atoms in total. The Kier molecular flexibility index (Phi) is 3.10. The third-order valence-electron chi connectivity index (χ3n) is 2.88. The highest BCUT2D eigenvalue weighted by Crippen LogP contribution is 2.34. The average Bonchev–Trinajstić information content (AvgIpc) is 2.18. The molecule has 0 aliphatic heterocycles. The first-order chi connectivity index (χ1) is 6.08. The molecule has 0 aromatic heterocycles. The van der Waals surface area contributed by atoms with E-state index in [1.807, 2.05) is 18.2 Å². The van der Waals surface area contributed by atoms with E-state index >= 15 is 0 Å². The summed E-state index contributed by atoms with van der Waals surface area (Å²) in [7, 11) is 0. The van der Waals surface area contributed by atoms with Gasteiger partial charge in [0.2, 0.25) is 0 Å². The molecule has 1 rings (SSSR count). The molecule has 1 aromatic carbocycles. The van der Waals surface area contributed by atoms with Crippen molar-refractivity contribution in [1.29, 1.82) is 0 Å². The van der Waals surface area contributed by atoms with Gasteiger partial charge in [0.15, 0.2) is 0 Å². The second-order valence-corrected chi connectivity index (χ2v) is 4.28. The van der Waals surface area contributed by atoms with Crippen molar-refractivity contribution in [2.45, 2.75) is 26.7 Å². The molecule has 0 amide bonds. The quantitative estimate of drug-likeness (QED) is 0.754. The minimum Gasteiger partial charge on any atom is -0.396 e. The van der Waals surface area contributed by atoms with Gasteiger partial charge in [-0.15, -0.1) is 0 Å². The molecule has 0 radical (unpaired) electrons. The number of aliphatic hydroxyl groups excluding tert-OH is 1. The molecule has 1 atom stereocenters. The third-order valence-corrected chi connectivity index (χ3v) is 2.88. The van der Waals surface area contributed by atoms with Crippen LogP contribution in [0.4, 0.5) is 0 Å². The first-order valence-corrected chi connectivity index (χ1v) is 4.74. The molecule has 1 heteroatoms. The number of hydrogen-bond donors (Lipinski definition) is 1. The summed E-state index contributed by atoms with van der Waals surface area (Å²) in [5, 5.41) is 9.23. The topological polar surface area (TPSA) is 20.2 Å². The molecule has 0 bridgehead atoms. The van der Waals surface area contributed by atoms with E-state index in [4.69, 9.17) is 0 Å². The van der Waals surface area contributed by atoms with E-state index in [9.17, 15) is 5.11 Å². The summed E-state index contributed by atoms with van der Waals surface area (Å²) in [5.41, 5.74) is 1.25. The van der Waals surface area contributed by atoms with Crippen molar-refractivity contribution >= 4 is 0 Å². The minimum atomic E-state index is -0.0403. The Labute approximate surface area is 80.4 Å². The van der Waals surface area contributed by atoms with Crippen LogP contribution >= 0.6 is 0 Å². The molecular weight excluding hydrogens is 160 g/mol. The second-order valence-electron chi connectivity index (χ2n) is 4.28. The summed E-state index contributed by atoms with van der Waals surface area (Å²) in [5.74, 6) is 0.388. The van der Waals surface area contributed by atoms with Gasteiger partial charge < -0.3 is 5.11 Å². The van der Waals surface area contributed by atoms with Crippen molar-refractivity contribution in [1.82, 2.24) is 0 Å². The fourth-order valence-electron chi connectivity index (χ4n) is 1.33. The van der Waals surface area contributed by atoms with Crippen molar-refractivity contribution in [3.63, 3.8) is 0 Å². The van der Waals surface area contributed by atoms with E-state index in [1.165, 1.54) is 5.56 Å². The zero-order chi connectivity index (χ0) is 9.90. The largest absolute Gasteiger partial charge is 0.396 e. The molecule has 13 heavy (non-hydrogen) atoms. The van der Waals surface area contributed by atoms with E-state index in [-0.39, 0.29) is 12.0 Å². The Morgan fingerprint density at radius 2 is 1.77 bits per heavy atom. The third kappa shape index (κ3) is 2.31. The van der Waals surface area contributed by atoms with Gasteiger partial charge in [-0.2, -0.15) is 0 Å². The molecule has 0 aliphatic carbocycles. The van der Waals surface area contributed by atoms with Crippen LogP contribution in [0, 0.1) is 5.41 Å². The van der Waals surface area contributed by atoms with Gasteiger partial charge in [0.1, 0.15) is 0 Å². The predicted molar refractivity (Wildman–Crippen MR) is 55.7 cm³/mol. The zero-order valence-corrected chi connectivity index (χ0v) is 8.62. The highest BCUT2D eigenvalue weighted by Gasteiger charge is 2.25. The van der Waals surface area contributed by atoms with E-state index in [2.05, 4.69) is 32.9 Å². The van der Waals surface area contributed by atoms with Crippen molar-refractivity contribution in [3.8, 4) is 0 Å². The molecule has 0 heterocycles. The van der Waals surface area contributed by atoms with Gasteiger partial charge in [-0.1, -0.05) is 51.1 Å². The fraction of sp³-hybridized carbons (Fsp3) is 0.500.